The molecular formula is C25H30N4O3. The van der Waals surface area contributed by atoms with Gasteiger partial charge in [0.25, 0.3) is 5.91 Å². The highest BCUT2D eigenvalue weighted by atomic mass is 16.3. The number of piperidine rings is 1. The summed E-state index contributed by atoms with van der Waals surface area (Å²) in [6.07, 6.45) is 1.71. The van der Waals surface area contributed by atoms with E-state index in [0.29, 0.717) is 25.6 Å². The number of aliphatic hydroxyl groups excluding tert-OH is 1. The van der Waals surface area contributed by atoms with Crippen molar-refractivity contribution in [2.45, 2.75) is 38.8 Å². The van der Waals surface area contributed by atoms with Gasteiger partial charge < -0.3 is 15.7 Å². The van der Waals surface area contributed by atoms with Crippen LogP contribution in [-0.2, 0) is 21.7 Å². The summed E-state index contributed by atoms with van der Waals surface area (Å²) in [7, 11) is 0. The van der Waals surface area contributed by atoms with Crippen molar-refractivity contribution in [3.8, 4) is 11.1 Å². The first-order valence-electron chi connectivity index (χ1n) is 11.1. The Bertz CT molecular complexity index is 1040. The van der Waals surface area contributed by atoms with E-state index >= 15 is 0 Å². The molecule has 7 heteroatoms. The summed E-state index contributed by atoms with van der Waals surface area (Å²) in [5, 5.41) is 9.27. The fraction of sp³-hybridized carbons (Fsp3) is 0.400. The quantitative estimate of drug-likeness (QED) is 0.755. The van der Waals surface area contributed by atoms with Crippen molar-refractivity contribution < 1.29 is 14.7 Å². The molecular weight excluding hydrogens is 404 g/mol. The molecule has 3 N–H and O–H groups in total. The minimum Gasteiger partial charge on any atom is -0.392 e. The molecule has 0 aromatic heterocycles. The zero-order valence-electron chi connectivity index (χ0n) is 18.6. The molecule has 0 spiro atoms. The number of rotatable bonds is 5. The number of carbonyl (C=O) groups is 2. The van der Waals surface area contributed by atoms with E-state index in [-0.39, 0.29) is 24.4 Å². The lowest BCUT2D eigenvalue weighted by Gasteiger charge is -2.33. The van der Waals surface area contributed by atoms with Crippen LogP contribution in [0.15, 0.2) is 53.5 Å². The summed E-state index contributed by atoms with van der Waals surface area (Å²) in [5.41, 5.74) is 8.79. The number of hydrogen-bond acceptors (Lipinski definition) is 5. The first kappa shape index (κ1) is 22.0. The van der Waals surface area contributed by atoms with Crippen LogP contribution in [0.4, 0.5) is 0 Å². The van der Waals surface area contributed by atoms with Crippen molar-refractivity contribution in [2.75, 3.05) is 19.6 Å². The first-order chi connectivity index (χ1) is 15.3. The third-order valence-corrected chi connectivity index (χ3v) is 6.67. The molecule has 32 heavy (non-hydrogen) atoms. The van der Waals surface area contributed by atoms with Gasteiger partial charge in [-0.25, -0.2) is 4.99 Å². The Morgan fingerprint density at radius 2 is 1.84 bits per heavy atom. The summed E-state index contributed by atoms with van der Waals surface area (Å²) in [6, 6.07) is 15.5. The maximum absolute atomic E-state index is 13.5. The molecule has 1 saturated heterocycles. The smallest absolute Gasteiger partial charge is 0.261 e. The standard InChI is InChI=1S/C25H30N4O3/c1-17(31)28-12-10-18(11-13-28)15-29-23(32)25(2,27-24(29)26)22-5-3-4-21(14-22)20-8-6-19(16-30)7-9-20/h3-9,14,18,30H,10-13,15-16H2,1-2H3,(H2,26,27). The number of benzene rings is 2. The fourth-order valence-electron chi connectivity index (χ4n) is 4.56. The third-order valence-electron chi connectivity index (χ3n) is 6.67. The van der Waals surface area contributed by atoms with Crippen molar-refractivity contribution in [1.82, 2.24) is 9.80 Å². The van der Waals surface area contributed by atoms with Crippen LogP contribution in [-0.4, -0.2) is 52.3 Å². The van der Waals surface area contributed by atoms with E-state index in [2.05, 4.69) is 4.99 Å². The Morgan fingerprint density at radius 1 is 1.16 bits per heavy atom. The maximum atomic E-state index is 13.5. The molecule has 0 radical (unpaired) electrons. The van der Waals surface area contributed by atoms with Crippen molar-refractivity contribution >= 4 is 17.8 Å². The maximum Gasteiger partial charge on any atom is 0.261 e. The highest BCUT2D eigenvalue weighted by Crippen LogP contribution is 2.35. The molecule has 2 aromatic carbocycles. The molecule has 1 unspecified atom stereocenters. The van der Waals surface area contributed by atoms with Crippen molar-refractivity contribution in [2.24, 2.45) is 16.6 Å². The second-order valence-electron chi connectivity index (χ2n) is 8.84. The van der Waals surface area contributed by atoms with Crippen LogP contribution >= 0.6 is 0 Å². The molecule has 1 atom stereocenters. The van der Waals surface area contributed by atoms with Gasteiger partial charge in [0.15, 0.2) is 11.5 Å². The van der Waals surface area contributed by atoms with Gasteiger partial charge in [-0.2, -0.15) is 0 Å². The Hall–Kier alpha value is -3.19. The van der Waals surface area contributed by atoms with E-state index in [1.165, 1.54) is 0 Å². The van der Waals surface area contributed by atoms with Gasteiger partial charge in [0, 0.05) is 26.6 Å². The van der Waals surface area contributed by atoms with Gasteiger partial charge in [-0.1, -0.05) is 42.5 Å². The largest absolute Gasteiger partial charge is 0.392 e. The van der Waals surface area contributed by atoms with Crippen molar-refractivity contribution in [3.05, 3.63) is 59.7 Å². The number of guanidine groups is 1. The van der Waals surface area contributed by atoms with Crippen LogP contribution in [0.2, 0.25) is 0 Å². The highest BCUT2D eigenvalue weighted by Gasteiger charge is 2.46. The molecule has 2 heterocycles. The van der Waals surface area contributed by atoms with E-state index in [1.54, 1.807) is 11.8 Å². The van der Waals surface area contributed by atoms with Crippen LogP contribution in [0.25, 0.3) is 11.1 Å². The predicted octanol–water partition coefficient (Wildman–Crippen LogP) is 2.48. The summed E-state index contributed by atoms with van der Waals surface area (Å²) in [4.78, 5) is 33.1. The highest BCUT2D eigenvalue weighted by molar-refractivity contribution is 6.07. The molecule has 0 aliphatic carbocycles. The topological polar surface area (TPSA) is 99.2 Å². The first-order valence-corrected chi connectivity index (χ1v) is 11.1. The number of amides is 2. The molecule has 1 fully saturated rings. The Morgan fingerprint density at radius 3 is 2.47 bits per heavy atom. The van der Waals surface area contributed by atoms with Crippen LogP contribution < -0.4 is 5.73 Å². The number of nitrogens with zero attached hydrogens (tertiary/aromatic N) is 3. The molecule has 2 aliphatic rings. The summed E-state index contributed by atoms with van der Waals surface area (Å²) in [6.45, 7) is 5.37. The monoisotopic (exact) mass is 434 g/mol. The van der Waals surface area contributed by atoms with Gasteiger partial charge in [-0.05, 0) is 54.0 Å². The normalized spacial score (nSPS) is 21.7. The molecule has 2 aliphatic heterocycles. The number of hydrogen-bond donors (Lipinski definition) is 2. The van der Waals surface area contributed by atoms with Gasteiger partial charge in [-0.3, -0.25) is 14.5 Å². The number of aliphatic hydroxyl groups is 1. The lowest BCUT2D eigenvalue weighted by atomic mass is 9.89. The molecule has 4 rings (SSSR count). The fourth-order valence-corrected chi connectivity index (χ4v) is 4.56. The Balaban J connectivity index is 1.52. The lowest BCUT2D eigenvalue weighted by Crippen LogP contribution is -2.46. The Labute approximate surface area is 188 Å². The van der Waals surface area contributed by atoms with E-state index in [4.69, 9.17) is 5.73 Å². The van der Waals surface area contributed by atoms with Crippen LogP contribution in [0.1, 0.15) is 37.8 Å². The minimum absolute atomic E-state index is 0.00446. The average molecular weight is 435 g/mol. The third kappa shape index (κ3) is 4.12. The Kier molecular flexibility index (Phi) is 6.02. The van der Waals surface area contributed by atoms with Gasteiger partial charge >= 0.3 is 0 Å². The predicted molar refractivity (Wildman–Crippen MR) is 123 cm³/mol. The minimum atomic E-state index is -1.06. The van der Waals surface area contributed by atoms with Gasteiger partial charge in [0.05, 0.1) is 6.61 Å². The molecule has 0 saturated carbocycles. The lowest BCUT2D eigenvalue weighted by molar-refractivity contribution is -0.133. The SMILES string of the molecule is CC(=O)N1CCC(CN2C(=O)C(C)(c3cccc(-c4ccc(CO)cc4)c3)N=C2N)CC1. The second kappa shape index (κ2) is 8.74. The zero-order chi connectivity index (χ0) is 22.9. The van der Waals surface area contributed by atoms with E-state index in [9.17, 15) is 14.7 Å². The second-order valence-corrected chi connectivity index (χ2v) is 8.84. The van der Waals surface area contributed by atoms with Crippen molar-refractivity contribution in [3.63, 3.8) is 0 Å². The van der Waals surface area contributed by atoms with Gasteiger partial charge in [0.2, 0.25) is 5.91 Å². The van der Waals surface area contributed by atoms with Gasteiger partial charge in [0.1, 0.15) is 0 Å². The molecule has 0 bridgehead atoms. The average Bonchev–Trinajstić information content (AvgIpc) is 3.03. The summed E-state index contributed by atoms with van der Waals surface area (Å²) in [5.74, 6) is 0.531. The van der Waals surface area contributed by atoms with Crippen LogP contribution in [0.3, 0.4) is 0 Å². The summed E-state index contributed by atoms with van der Waals surface area (Å²) >= 11 is 0. The molecule has 2 amide bonds. The molecule has 7 nitrogen and oxygen atoms in total. The number of nitrogens with two attached hydrogens (primary N) is 1. The van der Waals surface area contributed by atoms with E-state index in [1.807, 2.05) is 60.4 Å². The van der Waals surface area contributed by atoms with Crippen LogP contribution in [0.5, 0.6) is 0 Å². The molecule has 2 aromatic rings. The number of carbonyl (C=O) groups excluding carboxylic acids is 2. The van der Waals surface area contributed by atoms with Crippen molar-refractivity contribution in [1.29, 1.82) is 0 Å². The van der Waals surface area contributed by atoms with Gasteiger partial charge in [-0.15, -0.1) is 0 Å². The number of likely N-dealkylation sites (tertiary alicyclic amines) is 1. The number of aliphatic imine (C=N–C) groups is 1. The zero-order valence-corrected chi connectivity index (χ0v) is 18.6. The van der Waals surface area contributed by atoms with E-state index < -0.39 is 5.54 Å². The van der Waals surface area contributed by atoms with E-state index in [0.717, 1.165) is 35.1 Å². The molecule has 168 valence electrons. The summed E-state index contributed by atoms with van der Waals surface area (Å²) < 4.78 is 0. The van der Waals surface area contributed by atoms with Crippen LogP contribution in [0, 0.1) is 5.92 Å².